The van der Waals surface area contributed by atoms with Gasteiger partial charge < -0.3 is 5.32 Å². The zero-order valence-corrected chi connectivity index (χ0v) is 11.3. The third-order valence-corrected chi connectivity index (χ3v) is 3.20. The molecular formula is C13H18ClF3N2. The molecule has 0 radical (unpaired) electrons. The molecule has 0 saturated carbocycles. The van der Waals surface area contributed by atoms with E-state index in [1.807, 2.05) is 11.0 Å². The van der Waals surface area contributed by atoms with Gasteiger partial charge in [0.2, 0.25) is 0 Å². The van der Waals surface area contributed by atoms with E-state index >= 15 is 0 Å². The first-order chi connectivity index (χ1) is 8.56. The molecule has 0 bridgehead atoms. The van der Waals surface area contributed by atoms with Crippen molar-refractivity contribution in [2.75, 3.05) is 26.2 Å². The third kappa shape index (κ3) is 5.01. The van der Waals surface area contributed by atoms with Crippen molar-refractivity contribution >= 4 is 12.4 Å². The average Bonchev–Trinajstić information content (AvgIpc) is 2.37. The van der Waals surface area contributed by atoms with Crippen LogP contribution in [0.5, 0.6) is 0 Å². The molecule has 1 aliphatic heterocycles. The van der Waals surface area contributed by atoms with E-state index in [2.05, 4.69) is 5.32 Å². The topological polar surface area (TPSA) is 15.3 Å². The second-order valence-electron chi connectivity index (χ2n) is 4.53. The molecule has 0 aliphatic carbocycles. The first-order valence-corrected chi connectivity index (χ1v) is 6.13. The van der Waals surface area contributed by atoms with Crippen LogP contribution in [0.4, 0.5) is 13.2 Å². The van der Waals surface area contributed by atoms with Crippen LogP contribution in [-0.4, -0.2) is 37.3 Å². The molecule has 0 unspecified atom stereocenters. The average molecular weight is 295 g/mol. The van der Waals surface area contributed by atoms with Crippen LogP contribution in [0.3, 0.4) is 0 Å². The highest BCUT2D eigenvalue weighted by atomic mass is 35.5. The summed E-state index contributed by atoms with van der Waals surface area (Å²) in [5.41, 5.74) is 0.747. The summed E-state index contributed by atoms with van der Waals surface area (Å²) in [4.78, 5) is 1.92. The molecule has 1 aromatic carbocycles. The lowest BCUT2D eigenvalue weighted by molar-refractivity contribution is -0.148. The lowest BCUT2D eigenvalue weighted by atomic mass is 10.0. The van der Waals surface area contributed by atoms with Crippen LogP contribution in [0.15, 0.2) is 30.3 Å². The molecule has 1 aliphatic rings. The smallest absolute Gasteiger partial charge is 0.314 e. The molecule has 0 spiro atoms. The van der Waals surface area contributed by atoms with E-state index in [-0.39, 0.29) is 12.4 Å². The number of nitrogens with one attached hydrogen (secondary N) is 1. The Bertz CT molecular complexity index is 364. The van der Waals surface area contributed by atoms with Gasteiger partial charge in [-0.1, -0.05) is 30.3 Å². The molecule has 108 valence electrons. The first-order valence-electron chi connectivity index (χ1n) is 6.13. The van der Waals surface area contributed by atoms with Crippen molar-refractivity contribution in [3.63, 3.8) is 0 Å². The fourth-order valence-corrected chi connectivity index (χ4v) is 2.35. The minimum absolute atomic E-state index is 0. The Morgan fingerprint density at radius 2 is 1.68 bits per heavy atom. The molecule has 1 saturated heterocycles. The molecule has 1 N–H and O–H groups in total. The van der Waals surface area contributed by atoms with Gasteiger partial charge in [0.15, 0.2) is 0 Å². The molecule has 2 rings (SSSR count). The standard InChI is InChI=1S/C13H17F3N2.ClH/c14-13(15,16)10-12(11-4-2-1-3-5-11)18-8-6-17-7-9-18;/h1-5,12,17H,6-10H2;1H/t12-;/m1./s1. The maximum absolute atomic E-state index is 12.7. The van der Waals surface area contributed by atoms with Crippen LogP contribution in [0.25, 0.3) is 0 Å². The van der Waals surface area contributed by atoms with Gasteiger partial charge in [-0.25, -0.2) is 0 Å². The molecule has 1 fully saturated rings. The summed E-state index contributed by atoms with van der Waals surface area (Å²) in [6, 6.07) is 8.40. The maximum Gasteiger partial charge on any atom is 0.390 e. The number of alkyl halides is 3. The Morgan fingerprint density at radius 1 is 1.11 bits per heavy atom. The van der Waals surface area contributed by atoms with E-state index < -0.39 is 18.6 Å². The van der Waals surface area contributed by atoms with Gasteiger partial charge in [0.1, 0.15) is 0 Å². The summed E-state index contributed by atoms with van der Waals surface area (Å²) in [5, 5.41) is 3.16. The van der Waals surface area contributed by atoms with Gasteiger partial charge in [-0.3, -0.25) is 4.90 Å². The van der Waals surface area contributed by atoms with Crippen LogP contribution in [0.2, 0.25) is 0 Å². The number of hydrogen-bond acceptors (Lipinski definition) is 2. The van der Waals surface area contributed by atoms with Crippen LogP contribution in [0, 0.1) is 0 Å². The summed E-state index contributed by atoms with van der Waals surface area (Å²) in [6.07, 6.45) is -4.91. The Labute approximate surface area is 117 Å². The molecule has 1 heterocycles. The van der Waals surface area contributed by atoms with Crippen molar-refractivity contribution in [2.45, 2.75) is 18.6 Å². The molecule has 1 atom stereocenters. The largest absolute Gasteiger partial charge is 0.390 e. The molecule has 6 heteroatoms. The second-order valence-corrected chi connectivity index (χ2v) is 4.53. The predicted octanol–water partition coefficient (Wildman–Crippen LogP) is 3.01. The van der Waals surface area contributed by atoms with Crippen molar-refractivity contribution in [1.82, 2.24) is 10.2 Å². The Hall–Kier alpha value is -0.780. The number of nitrogens with zero attached hydrogens (tertiary/aromatic N) is 1. The Morgan fingerprint density at radius 3 is 2.21 bits per heavy atom. The van der Waals surface area contributed by atoms with Crippen molar-refractivity contribution in [1.29, 1.82) is 0 Å². The zero-order chi connectivity index (χ0) is 13.0. The van der Waals surface area contributed by atoms with Gasteiger partial charge in [-0.15, -0.1) is 12.4 Å². The zero-order valence-electron chi connectivity index (χ0n) is 10.5. The van der Waals surface area contributed by atoms with Crippen molar-refractivity contribution in [3.05, 3.63) is 35.9 Å². The highest BCUT2D eigenvalue weighted by Crippen LogP contribution is 2.33. The molecule has 0 aromatic heterocycles. The van der Waals surface area contributed by atoms with Gasteiger partial charge in [0, 0.05) is 32.2 Å². The highest BCUT2D eigenvalue weighted by molar-refractivity contribution is 5.85. The first kappa shape index (κ1) is 16.3. The van der Waals surface area contributed by atoms with Crippen LogP contribution < -0.4 is 5.32 Å². The number of piperazine rings is 1. The van der Waals surface area contributed by atoms with Crippen LogP contribution in [0.1, 0.15) is 18.0 Å². The fraction of sp³-hybridized carbons (Fsp3) is 0.538. The predicted molar refractivity (Wildman–Crippen MR) is 71.5 cm³/mol. The van der Waals surface area contributed by atoms with Gasteiger partial charge in [-0.2, -0.15) is 13.2 Å². The van der Waals surface area contributed by atoms with Gasteiger partial charge in [0.05, 0.1) is 6.42 Å². The summed E-state index contributed by atoms with van der Waals surface area (Å²) in [6.45, 7) is 2.83. The third-order valence-electron chi connectivity index (χ3n) is 3.20. The SMILES string of the molecule is Cl.FC(F)(F)C[C@H](c1ccccc1)N1CCNCC1. The Kier molecular flexibility index (Phi) is 6.10. The number of benzene rings is 1. The fourth-order valence-electron chi connectivity index (χ4n) is 2.35. The summed E-state index contributed by atoms with van der Waals surface area (Å²) >= 11 is 0. The monoisotopic (exact) mass is 294 g/mol. The molecule has 2 nitrogen and oxygen atoms in total. The van der Waals surface area contributed by atoms with Gasteiger partial charge in [0.25, 0.3) is 0 Å². The molecular weight excluding hydrogens is 277 g/mol. The minimum atomic E-state index is -4.13. The lowest BCUT2D eigenvalue weighted by Crippen LogP contribution is -2.46. The Balaban J connectivity index is 0.00000180. The number of hydrogen-bond donors (Lipinski definition) is 1. The number of rotatable bonds is 3. The quantitative estimate of drug-likeness (QED) is 0.922. The molecule has 1 aromatic rings. The van der Waals surface area contributed by atoms with Gasteiger partial charge in [-0.05, 0) is 5.56 Å². The lowest BCUT2D eigenvalue weighted by Gasteiger charge is -2.35. The summed E-state index contributed by atoms with van der Waals surface area (Å²) in [7, 11) is 0. The maximum atomic E-state index is 12.7. The van der Waals surface area contributed by atoms with Crippen molar-refractivity contribution in [3.8, 4) is 0 Å². The molecule has 0 amide bonds. The van der Waals surface area contributed by atoms with Gasteiger partial charge >= 0.3 is 6.18 Å². The summed E-state index contributed by atoms with van der Waals surface area (Å²) < 4.78 is 38.1. The van der Waals surface area contributed by atoms with E-state index in [1.165, 1.54) is 0 Å². The van der Waals surface area contributed by atoms with Crippen molar-refractivity contribution in [2.24, 2.45) is 0 Å². The van der Waals surface area contributed by atoms with Crippen LogP contribution >= 0.6 is 12.4 Å². The van der Waals surface area contributed by atoms with Crippen LogP contribution in [-0.2, 0) is 0 Å². The molecule has 19 heavy (non-hydrogen) atoms. The summed E-state index contributed by atoms with van der Waals surface area (Å²) in [5.74, 6) is 0. The number of halogens is 4. The minimum Gasteiger partial charge on any atom is -0.314 e. The van der Waals surface area contributed by atoms with Crippen molar-refractivity contribution < 1.29 is 13.2 Å². The van der Waals surface area contributed by atoms with E-state index in [0.717, 1.165) is 18.7 Å². The van der Waals surface area contributed by atoms with E-state index in [9.17, 15) is 13.2 Å². The van der Waals surface area contributed by atoms with E-state index in [4.69, 9.17) is 0 Å². The van der Waals surface area contributed by atoms with E-state index in [0.29, 0.717) is 13.1 Å². The second kappa shape index (κ2) is 7.12. The highest BCUT2D eigenvalue weighted by Gasteiger charge is 2.35. The normalized spacial score (nSPS) is 18.7. The van der Waals surface area contributed by atoms with E-state index in [1.54, 1.807) is 24.3 Å².